The minimum atomic E-state index is 0.317. The monoisotopic (exact) mass is 222 g/mol. The molecule has 0 spiro atoms. The van der Waals surface area contributed by atoms with Crippen molar-refractivity contribution in [3.63, 3.8) is 0 Å². The number of carbonyl (C=O) groups is 1. The fourth-order valence-electron chi connectivity index (χ4n) is 3.65. The van der Waals surface area contributed by atoms with E-state index >= 15 is 0 Å². The summed E-state index contributed by atoms with van der Waals surface area (Å²) in [7, 11) is 0. The van der Waals surface area contributed by atoms with E-state index in [-0.39, 0.29) is 0 Å². The number of carbonyl (C=O) groups excluding carboxylic acids is 1. The van der Waals surface area contributed by atoms with E-state index in [0.29, 0.717) is 35.7 Å². The Balaban J connectivity index is 1.66. The van der Waals surface area contributed by atoms with Gasteiger partial charge in [0.15, 0.2) is 0 Å². The highest BCUT2D eigenvalue weighted by Crippen LogP contribution is 2.40. The second-order valence-electron chi connectivity index (χ2n) is 5.99. The van der Waals surface area contributed by atoms with Gasteiger partial charge in [0.25, 0.3) is 0 Å². The van der Waals surface area contributed by atoms with E-state index in [1.165, 1.54) is 19.3 Å². The van der Waals surface area contributed by atoms with Crippen LogP contribution >= 0.6 is 0 Å². The lowest BCUT2D eigenvalue weighted by Gasteiger charge is -2.45. The number of nitrogens with one attached hydrogen (secondary N) is 1. The zero-order valence-corrected chi connectivity index (χ0v) is 9.82. The van der Waals surface area contributed by atoms with E-state index in [1.807, 2.05) is 0 Å². The molecule has 0 saturated heterocycles. The average Bonchev–Trinajstić information content (AvgIpc) is 3.02. The van der Waals surface area contributed by atoms with Gasteiger partial charge in [-0.3, -0.25) is 4.79 Å². The lowest BCUT2D eigenvalue weighted by molar-refractivity contribution is -0.124. The summed E-state index contributed by atoms with van der Waals surface area (Å²) in [6.45, 7) is 0. The maximum atomic E-state index is 11.8. The van der Waals surface area contributed by atoms with Crippen LogP contribution in [0.4, 0.5) is 0 Å². The molecule has 0 radical (unpaired) electrons. The first kappa shape index (κ1) is 10.6. The van der Waals surface area contributed by atoms with Crippen LogP contribution in [-0.4, -0.2) is 18.0 Å². The minimum Gasteiger partial charge on any atom is -0.353 e. The summed E-state index contributed by atoms with van der Waals surface area (Å²) in [5.41, 5.74) is 6.08. The summed E-state index contributed by atoms with van der Waals surface area (Å²) in [6.07, 6.45) is 8.30. The minimum absolute atomic E-state index is 0.317. The molecule has 16 heavy (non-hydrogen) atoms. The molecule has 3 aliphatic carbocycles. The third-order valence-corrected chi connectivity index (χ3v) is 4.63. The number of hydrogen-bond donors (Lipinski definition) is 2. The Kier molecular flexibility index (Phi) is 2.66. The molecule has 3 saturated carbocycles. The fourth-order valence-corrected chi connectivity index (χ4v) is 3.65. The molecule has 3 heteroatoms. The molecule has 0 aromatic heterocycles. The molecule has 2 atom stereocenters. The highest BCUT2D eigenvalue weighted by molar-refractivity contribution is 5.81. The van der Waals surface area contributed by atoms with Gasteiger partial charge in [-0.05, 0) is 50.4 Å². The van der Waals surface area contributed by atoms with Crippen LogP contribution in [0, 0.1) is 17.8 Å². The first-order valence-electron chi connectivity index (χ1n) is 6.80. The van der Waals surface area contributed by atoms with Gasteiger partial charge in [0.05, 0.1) is 0 Å². The van der Waals surface area contributed by atoms with Gasteiger partial charge in [-0.2, -0.15) is 0 Å². The van der Waals surface area contributed by atoms with Crippen LogP contribution in [0.25, 0.3) is 0 Å². The molecule has 2 unspecified atom stereocenters. The van der Waals surface area contributed by atoms with Crippen molar-refractivity contribution < 1.29 is 4.79 Å². The number of amides is 1. The molecule has 0 aromatic rings. The summed E-state index contributed by atoms with van der Waals surface area (Å²) in [5.74, 6) is 1.98. The summed E-state index contributed by atoms with van der Waals surface area (Å²) < 4.78 is 0. The van der Waals surface area contributed by atoms with Crippen molar-refractivity contribution in [2.45, 2.75) is 57.0 Å². The van der Waals surface area contributed by atoms with Crippen LogP contribution in [0.15, 0.2) is 0 Å². The fraction of sp³-hybridized carbons (Fsp3) is 0.923. The second kappa shape index (κ2) is 4.02. The third kappa shape index (κ3) is 1.97. The largest absolute Gasteiger partial charge is 0.353 e. The number of hydrogen-bond acceptors (Lipinski definition) is 2. The van der Waals surface area contributed by atoms with Crippen molar-refractivity contribution in [3.8, 4) is 0 Å². The van der Waals surface area contributed by atoms with Crippen molar-refractivity contribution in [2.75, 3.05) is 0 Å². The standard InChI is InChI=1S/C13H22N2O/c14-11-6-9-2-1-3-10(7-11)12(9)15-13(16)8-4-5-8/h8-12H,1-7,14H2,(H,15,16). The van der Waals surface area contributed by atoms with Gasteiger partial charge in [-0.25, -0.2) is 0 Å². The average molecular weight is 222 g/mol. The van der Waals surface area contributed by atoms with Crippen molar-refractivity contribution >= 4 is 5.91 Å². The molecule has 0 aliphatic heterocycles. The van der Waals surface area contributed by atoms with E-state index in [0.717, 1.165) is 25.7 Å². The number of nitrogens with two attached hydrogens (primary N) is 1. The predicted molar refractivity (Wildman–Crippen MR) is 62.7 cm³/mol. The van der Waals surface area contributed by atoms with E-state index in [2.05, 4.69) is 5.32 Å². The molecule has 90 valence electrons. The van der Waals surface area contributed by atoms with Crippen molar-refractivity contribution in [1.29, 1.82) is 0 Å². The van der Waals surface area contributed by atoms with Gasteiger partial charge in [-0.1, -0.05) is 6.42 Å². The zero-order valence-electron chi connectivity index (χ0n) is 9.82. The quantitative estimate of drug-likeness (QED) is 0.742. The van der Waals surface area contributed by atoms with Crippen molar-refractivity contribution in [2.24, 2.45) is 23.5 Å². The molecule has 3 nitrogen and oxygen atoms in total. The molecule has 1 amide bonds. The first-order valence-corrected chi connectivity index (χ1v) is 6.80. The normalized spacial score (nSPS) is 42.8. The van der Waals surface area contributed by atoms with Crippen LogP contribution < -0.4 is 11.1 Å². The lowest BCUT2D eigenvalue weighted by Crippen LogP contribution is -2.54. The van der Waals surface area contributed by atoms with Crippen LogP contribution in [0.5, 0.6) is 0 Å². The predicted octanol–water partition coefficient (Wildman–Crippen LogP) is 1.42. The lowest BCUT2D eigenvalue weighted by atomic mass is 9.67. The van der Waals surface area contributed by atoms with Gasteiger partial charge < -0.3 is 11.1 Å². The highest BCUT2D eigenvalue weighted by atomic mass is 16.2. The van der Waals surface area contributed by atoms with Crippen LogP contribution in [-0.2, 0) is 4.79 Å². The van der Waals surface area contributed by atoms with Gasteiger partial charge >= 0.3 is 0 Å². The number of fused-ring (bicyclic) bond motifs is 2. The van der Waals surface area contributed by atoms with Crippen LogP contribution in [0.1, 0.15) is 44.9 Å². The molecule has 3 aliphatic rings. The highest BCUT2D eigenvalue weighted by Gasteiger charge is 2.41. The Morgan fingerprint density at radius 1 is 1.06 bits per heavy atom. The van der Waals surface area contributed by atoms with Gasteiger partial charge in [0.2, 0.25) is 5.91 Å². The Morgan fingerprint density at radius 2 is 1.69 bits per heavy atom. The molecule has 0 aromatic carbocycles. The number of rotatable bonds is 2. The summed E-state index contributed by atoms with van der Waals surface area (Å²) in [6, 6.07) is 0.825. The van der Waals surface area contributed by atoms with E-state index in [9.17, 15) is 4.79 Å². The molecule has 3 fully saturated rings. The maximum absolute atomic E-state index is 11.8. The van der Waals surface area contributed by atoms with Crippen LogP contribution in [0.3, 0.4) is 0 Å². The molecule has 3 N–H and O–H groups in total. The summed E-state index contributed by atoms with van der Waals surface area (Å²) >= 11 is 0. The molecular formula is C13H22N2O. The van der Waals surface area contributed by atoms with Crippen molar-refractivity contribution in [1.82, 2.24) is 5.32 Å². The van der Waals surface area contributed by atoms with Crippen LogP contribution in [0.2, 0.25) is 0 Å². The van der Waals surface area contributed by atoms with E-state index in [4.69, 9.17) is 5.73 Å². The molecule has 3 rings (SSSR count). The molecular weight excluding hydrogens is 200 g/mol. The Morgan fingerprint density at radius 3 is 2.25 bits per heavy atom. The SMILES string of the molecule is NC1CC2CCCC(C1)C2NC(=O)C1CC1. The summed E-state index contributed by atoms with van der Waals surface area (Å²) in [4.78, 5) is 11.8. The molecule has 0 heterocycles. The smallest absolute Gasteiger partial charge is 0.223 e. The van der Waals surface area contributed by atoms with E-state index in [1.54, 1.807) is 0 Å². The Bertz CT molecular complexity index is 274. The Labute approximate surface area is 97.2 Å². The van der Waals surface area contributed by atoms with Gasteiger partial charge in [0, 0.05) is 18.0 Å². The zero-order chi connectivity index (χ0) is 11.1. The van der Waals surface area contributed by atoms with Crippen molar-refractivity contribution in [3.05, 3.63) is 0 Å². The second-order valence-corrected chi connectivity index (χ2v) is 5.99. The maximum Gasteiger partial charge on any atom is 0.223 e. The van der Waals surface area contributed by atoms with E-state index < -0.39 is 0 Å². The third-order valence-electron chi connectivity index (χ3n) is 4.63. The van der Waals surface area contributed by atoms with Gasteiger partial charge in [0.1, 0.15) is 0 Å². The molecule has 2 bridgehead atoms. The summed E-state index contributed by atoms with van der Waals surface area (Å²) in [5, 5.41) is 3.31. The topological polar surface area (TPSA) is 55.1 Å². The Hall–Kier alpha value is -0.570. The van der Waals surface area contributed by atoms with Gasteiger partial charge in [-0.15, -0.1) is 0 Å². The first-order chi connectivity index (χ1) is 7.74.